The van der Waals surface area contributed by atoms with E-state index in [0.29, 0.717) is 17.1 Å². The van der Waals surface area contributed by atoms with Gasteiger partial charge in [-0.15, -0.1) is 0 Å². The Balaban J connectivity index is 1.47. The highest BCUT2D eigenvalue weighted by molar-refractivity contribution is 8.27. The van der Waals surface area contributed by atoms with Crippen LogP contribution in [-0.2, 0) is 15.8 Å². The summed E-state index contributed by atoms with van der Waals surface area (Å²) in [5, 5.41) is 2.88. The van der Waals surface area contributed by atoms with Crippen LogP contribution in [0.4, 0.5) is 24.5 Å². The summed E-state index contributed by atoms with van der Waals surface area (Å²) in [5.74, 6) is -0.215. The van der Waals surface area contributed by atoms with Crippen LogP contribution < -0.4 is 19.7 Å². The molecule has 0 spiro atoms. The number of halogens is 3. The number of methoxy groups -OCH3 is 1. The summed E-state index contributed by atoms with van der Waals surface area (Å²) in [7, 11) is 1.44. The molecule has 6 nitrogen and oxygen atoms in total. The average Bonchev–Trinajstić information content (AvgIpc) is 3.17. The third-order valence-electron chi connectivity index (χ3n) is 6.01. The van der Waals surface area contributed by atoms with E-state index < -0.39 is 17.6 Å². The number of rotatable bonds is 7. The number of carbonyl (C=O) groups is 2. The van der Waals surface area contributed by atoms with E-state index in [1.165, 1.54) is 19.2 Å². The van der Waals surface area contributed by atoms with Crippen molar-refractivity contribution in [3.8, 4) is 11.5 Å². The van der Waals surface area contributed by atoms with Crippen LogP contribution in [0.3, 0.4) is 0 Å². The van der Waals surface area contributed by atoms with Gasteiger partial charge in [0.05, 0.1) is 23.3 Å². The lowest BCUT2D eigenvalue weighted by Gasteiger charge is -2.16. The molecule has 2 amide bonds. The number of nitrogens with one attached hydrogen (secondary N) is 1. The van der Waals surface area contributed by atoms with Gasteiger partial charge in [-0.1, -0.05) is 53.8 Å². The van der Waals surface area contributed by atoms with E-state index in [1.807, 2.05) is 32.9 Å². The van der Waals surface area contributed by atoms with Crippen LogP contribution in [0.25, 0.3) is 6.08 Å². The quantitative estimate of drug-likeness (QED) is 0.236. The van der Waals surface area contributed by atoms with Crippen molar-refractivity contribution in [2.24, 2.45) is 0 Å². The van der Waals surface area contributed by atoms with Crippen LogP contribution in [-0.4, -0.2) is 29.9 Å². The second-order valence-corrected chi connectivity index (χ2v) is 10.8. The number of hydrogen-bond acceptors (Lipinski definition) is 6. The molecule has 1 aliphatic rings. The lowest BCUT2D eigenvalue weighted by atomic mass is 10.1. The first-order chi connectivity index (χ1) is 18.9. The number of alkyl halides is 3. The Labute approximate surface area is 239 Å². The molecule has 1 heterocycles. The molecule has 3 aromatic carbocycles. The average molecular weight is 587 g/mol. The van der Waals surface area contributed by atoms with Crippen LogP contribution in [0.1, 0.15) is 27.8 Å². The molecule has 40 heavy (non-hydrogen) atoms. The first-order valence-electron chi connectivity index (χ1n) is 12.0. The van der Waals surface area contributed by atoms with Gasteiger partial charge in [0, 0.05) is 5.69 Å². The van der Waals surface area contributed by atoms with Gasteiger partial charge in [0.15, 0.2) is 22.4 Å². The molecule has 3 aromatic rings. The number of benzene rings is 3. The smallest absolute Gasteiger partial charge is 0.416 e. The number of thiocarbonyl (C=S) groups is 1. The Morgan fingerprint density at radius 1 is 1.05 bits per heavy atom. The number of amides is 2. The van der Waals surface area contributed by atoms with Crippen molar-refractivity contribution >= 4 is 57.6 Å². The van der Waals surface area contributed by atoms with E-state index in [-0.39, 0.29) is 27.4 Å². The van der Waals surface area contributed by atoms with E-state index >= 15 is 0 Å². The van der Waals surface area contributed by atoms with Crippen molar-refractivity contribution in [3.63, 3.8) is 0 Å². The van der Waals surface area contributed by atoms with Crippen LogP contribution in [0.5, 0.6) is 11.5 Å². The van der Waals surface area contributed by atoms with Crippen LogP contribution in [0, 0.1) is 20.8 Å². The van der Waals surface area contributed by atoms with Crippen molar-refractivity contribution in [3.05, 3.63) is 87.3 Å². The Morgan fingerprint density at radius 3 is 2.40 bits per heavy atom. The van der Waals surface area contributed by atoms with Gasteiger partial charge >= 0.3 is 6.18 Å². The predicted molar refractivity (Wildman–Crippen MR) is 155 cm³/mol. The van der Waals surface area contributed by atoms with Crippen molar-refractivity contribution < 1.29 is 32.2 Å². The zero-order valence-corrected chi connectivity index (χ0v) is 23.6. The summed E-state index contributed by atoms with van der Waals surface area (Å²) in [6.45, 7) is 5.58. The molecule has 0 aromatic heterocycles. The van der Waals surface area contributed by atoms with Crippen molar-refractivity contribution in [2.45, 2.75) is 26.9 Å². The fourth-order valence-electron chi connectivity index (χ4n) is 4.25. The first kappa shape index (κ1) is 29.2. The minimum Gasteiger partial charge on any atom is -0.493 e. The topological polar surface area (TPSA) is 67.9 Å². The summed E-state index contributed by atoms with van der Waals surface area (Å²) < 4.78 is 50.7. The normalized spacial score (nSPS) is 14.6. The molecule has 0 atom stereocenters. The highest BCUT2D eigenvalue weighted by Crippen LogP contribution is 2.39. The number of ether oxygens (including phenoxy) is 2. The molecule has 0 unspecified atom stereocenters. The molecule has 4 rings (SSSR count). The number of hydrogen-bond donors (Lipinski definition) is 1. The maximum absolute atomic E-state index is 13.2. The maximum atomic E-state index is 13.2. The van der Waals surface area contributed by atoms with Gasteiger partial charge in [-0.3, -0.25) is 14.5 Å². The molecular formula is C29H25F3N2O4S2. The lowest BCUT2D eigenvalue weighted by molar-refractivity contribution is -0.137. The van der Waals surface area contributed by atoms with Gasteiger partial charge in [0.1, 0.15) is 0 Å². The number of thioether (sulfide) groups is 1. The van der Waals surface area contributed by atoms with E-state index in [0.717, 1.165) is 51.2 Å². The second kappa shape index (κ2) is 11.7. The van der Waals surface area contributed by atoms with Gasteiger partial charge in [-0.05, 0) is 73.9 Å². The van der Waals surface area contributed by atoms with Crippen LogP contribution in [0.15, 0.2) is 59.5 Å². The molecule has 11 heteroatoms. The lowest BCUT2D eigenvalue weighted by Crippen LogP contribution is -2.27. The third kappa shape index (κ3) is 6.48. The van der Waals surface area contributed by atoms with Crippen molar-refractivity contribution in [1.82, 2.24) is 0 Å². The minimum atomic E-state index is -4.55. The largest absolute Gasteiger partial charge is 0.493 e. The number of nitrogens with zero attached hydrogens (tertiary/aromatic N) is 1. The highest BCUT2D eigenvalue weighted by Gasteiger charge is 2.36. The molecule has 208 valence electrons. The third-order valence-corrected chi connectivity index (χ3v) is 7.31. The summed E-state index contributed by atoms with van der Waals surface area (Å²) in [6, 6.07) is 13.3. The van der Waals surface area contributed by atoms with E-state index in [4.69, 9.17) is 21.7 Å². The van der Waals surface area contributed by atoms with Gasteiger partial charge in [-0.2, -0.15) is 13.2 Å². The molecule has 1 N–H and O–H groups in total. The first-order valence-corrected chi connectivity index (χ1v) is 13.2. The van der Waals surface area contributed by atoms with Crippen molar-refractivity contribution in [1.29, 1.82) is 0 Å². The molecule has 1 saturated heterocycles. The molecular weight excluding hydrogens is 561 g/mol. The fraction of sp³-hybridized carbons (Fsp3) is 0.207. The number of carbonyl (C=O) groups excluding carboxylic acids is 2. The molecule has 0 aliphatic carbocycles. The fourth-order valence-corrected chi connectivity index (χ4v) is 5.55. The SMILES string of the molecule is COc1cc(/C=C2\SC(=S)N(c3cccc(C(F)(F)F)c3)C2=O)ccc1OCC(=O)Nc1c(C)cc(C)cc1C. The Kier molecular flexibility index (Phi) is 8.55. The monoisotopic (exact) mass is 586 g/mol. The van der Waals surface area contributed by atoms with Gasteiger partial charge in [-0.25, -0.2) is 0 Å². The molecule has 0 saturated carbocycles. The van der Waals surface area contributed by atoms with Crippen LogP contribution >= 0.6 is 24.0 Å². The molecule has 0 bridgehead atoms. The zero-order chi connectivity index (χ0) is 29.2. The molecule has 0 radical (unpaired) electrons. The minimum absolute atomic E-state index is 0.0383. The summed E-state index contributed by atoms with van der Waals surface area (Å²) in [4.78, 5) is 26.9. The number of aryl methyl sites for hydroxylation is 3. The number of anilines is 2. The van der Waals surface area contributed by atoms with E-state index in [2.05, 4.69) is 5.32 Å². The standard InChI is InChI=1S/C29H25F3N2O4S2/c1-16-10-17(2)26(18(3)11-16)33-25(35)15-38-22-9-8-19(12-23(22)37-4)13-24-27(36)34(28(39)40-24)21-7-5-6-20(14-21)29(30,31)32/h5-14H,15H2,1-4H3,(H,33,35)/b24-13-. The van der Waals surface area contributed by atoms with Crippen molar-refractivity contribution in [2.75, 3.05) is 23.9 Å². The summed E-state index contributed by atoms with van der Waals surface area (Å²) in [6.07, 6.45) is -2.99. The summed E-state index contributed by atoms with van der Waals surface area (Å²) >= 11 is 6.27. The maximum Gasteiger partial charge on any atom is 0.416 e. The van der Waals surface area contributed by atoms with E-state index in [1.54, 1.807) is 24.3 Å². The Morgan fingerprint density at radius 2 is 1.75 bits per heavy atom. The van der Waals surface area contributed by atoms with Gasteiger partial charge in [0.2, 0.25) is 0 Å². The second-order valence-electron chi connectivity index (χ2n) is 9.09. The summed E-state index contributed by atoms with van der Waals surface area (Å²) in [5.41, 5.74) is 3.48. The zero-order valence-electron chi connectivity index (χ0n) is 22.0. The van der Waals surface area contributed by atoms with Gasteiger partial charge < -0.3 is 14.8 Å². The predicted octanol–water partition coefficient (Wildman–Crippen LogP) is 7.06. The molecule has 1 fully saturated rings. The van der Waals surface area contributed by atoms with E-state index in [9.17, 15) is 22.8 Å². The molecule has 1 aliphatic heterocycles. The highest BCUT2D eigenvalue weighted by atomic mass is 32.2. The Bertz CT molecular complexity index is 1510. The van der Waals surface area contributed by atoms with Gasteiger partial charge in [0.25, 0.3) is 11.8 Å². The Hall–Kier alpha value is -3.83. The van der Waals surface area contributed by atoms with Crippen LogP contribution in [0.2, 0.25) is 0 Å².